The van der Waals surface area contributed by atoms with Gasteiger partial charge in [0, 0.05) is 6.42 Å². The third-order valence-corrected chi connectivity index (χ3v) is 5.46. The topological polar surface area (TPSA) is 26.3 Å². The Bertz CT molecular complexity index is 455. The Morgan fingerprint density at radius 2 is 1.00 bits per heavy atom. The zero-order valence-electron chi connectivity index (χ0n) is 18.4. The summed E-state index contributed by atoms with van der Waals surface area (Å²) in [6.07, 6.45) is 23.6. The summed E-state index contributed by atoms with van der Waals surface area (Å²) in [6.45, 7) is 2.28. The van der Waals surface area contributed by atoms with Crippen LogP contribution in [0.4, 0.5) is 0 Å². The predicted molar refractivity (Wildman–Crippen MR) is 121 cm³/mol. The molecular weight excluding hydrogens is 344 g/mol. The van der Waals surface area contributed by atoms with Gasteiger partial charge in [0.25, 0.3) is 0 Å². The lowest BCUT2D eigenvalue weighted by atomic mass is 10.0. The second-order valence-corrected chi connectivity index (χ2v) is 8.19. The summed E-state index contributed by atoms with van der Waals surface area (Å²) in [5.41, 5.74) is 0. The van der Waals surface area contributed by atoms with Crippen LogP contribution in [0.5, 0.6) is 5.75 Å². The first-order valence-corrected chi connectivity index (χ1v) is 12.1. The van der Waals surface area contributed by atoms with Crippen LogP contribution in [0.1, 0.15) is 122 Å². The molecule has 1 aromatic rings. The van der Waals surface area contributed by atoms with Crippen molar-refractivity contribution in [3.63, 3.8) is 0 Å². The molecule has 2 heteroatoms. The maximum atomic E-state index is 11.8. The maximum absolute atomic E-state index is 11.8. The lowest BCUT2D eigenvalue weighted by Gasteiger charge is -2.05. The van der Waals surface area contributed by atoms with Crippen LogP contribution in [0.25, 0.3) is 0 Å². The third-order valence-electron chi connectivity index (χ3n) is 5.46. The number of para-hydroxylation sites is 1. The van der Waals surface area contributed by atoms with Crippen LogP contribution in [0.3, 0.4) is 0 Å². The van der Waals surface area contributed by atoms with E-state index >= 15 is 0 Å². The fourth-order valence-corrected chi connectivity index (χ4v) is 3.67. The Kier molecular flexibility index (Phi) is 16.8. The van der Waals surface area contributed by atoms with E-state index in [0.29, 0.717) is 12.2 Å². The Morgan fingerprint density at radius 1 is 0.607 bits per heavy atom. The summed E-state index contributed by atoms with van der Waals surface area (Å²) >= 11 is 0. The first-order chi connectivity index (χ1) is 13.8. The SMILES string of the molecule is CCCCCCCCCCCCCCCCCCCC(=O)Oc1ccccc1. The van der Waals surface area contributed by atoms with E-state index in [9.17, 15) is 4.79 Å². The second-order valence-electron chi connectivity index (χ2n) is 8.19. The van der Waals surface area contributed by atoms with Crippen LogP contribution in [-0.4, -0.2) is 5.97 Å². The van der Waals surface area contributed by atoms with Crippen molar-refractivity contribution in [2.24, 2.45) is 0 Å². The number of ether oxygens (including phenoxy) is 1. The first-order valence-electron chi connectivity index (χ1n) is 12.1. The van der Waals surface area contributed by atoms with Crippen molar-refractivity contribution < 1.29 is 9.53 Å². The Hall–Kier alpha value is -1.31. The molecule has 0 heterocycles. The molecule has 0 aliphatic carbocycles. The van der Waals surface area contributed by atoms with Crippen molar-refractivity contribution >= 4 is 5.97 Å². The molecule has 0 bridgehead atoms. The minimum Gasteiger partial charge on any atom is -0.427 e. The van der Waals surface area contributed by atoms with Crippen LogP contribution in [0.2, 0.25) is 0 Å². The minimum absolute atomic E-state index is 0.104. The fourth-order valence-electron chi connectivity index (χ4n) is 3.67. The van der Waals surface area contributed by atoms with Gasteiger partial charge in [-0.25, -0.2) is 0 Å². The summed E-state index contributed by atoms with van der Waals surface area (Å²) in [4.78, 5) is 11.8. The fraction of sp³-hybridized carbons (Fsp3) is 0.731. The third kappa shape index (κ3) is 15.7. The van der Waals surface area contributed by atoms with Gasteiger partial charge in [-0.3, -0.25) is 4.79 Å². The molecule has 0 unspecified atom stereocenters. The molecule has 0 saturated carbocycles. The molecule has 0 spiro atoms. The molecule has 0 radical (unpaired) electrons. The number of hydrogen-bond acceptors (Lipinski definition) is 2. The van der Waals surface area contributed by atoms with Crippen molar-refractivity contribution in [3.8, 4) is 5.75 Å². The molecule has 0 N–H and O–H groups in total. The monoisotopic (exact) mass is 388 g/mol. The predicted octanol–water partition coefficient (Wildman–Crippen LogP) is 8.63. The molecule has 160 valence electrons. The minimum atomic E-state index is -0.104. The summed E-state index contributed by atoms with van der Waals surface area (Å²) in [5, 5.41) is 0. The number of carbonyl (C=O) groups excluding carboxylic acids is 1. The molecule has 0 fully saturated rings. The van der Waals surface area contributed by atoms with Gasteiger partial charge in [0.1, 0.15) is 5.75 Å². The standard InChI is InChI=1S/C26H44O2/c1-2-3-4-5-6-7-8-9-10-11-12-13-14-15-16-17-21-24-26(27)28-25-22-19-18-20-23-25/h18-20,22-23H,2-17,21,24H2,1H3. The number of benzene rings is 1. The number of unbranched alkanes of at least 4 members (excludes halogenated alkanes) is 16. The van der Waals surface area contributed by atoms with Crippen molar-refractivity contribution in [1.82, 2.24) is 0 Å². The van der Waals surface area contributed by atoms with E-state index in [2.05, 4.69) is 6.92 Å². The molecule has 28 heavy (non-hydrogen) atoms. The normalized spacial score (nSPS) is 10.9. The lowest BCUT2D eigenvalue weighted by Crippen LogP contribution is -2.07. The average Bonchev–Trinajstić information content (AvgIpc) is 2.71. The van der Waals surface area contributed by atoms with E-state index in [1.54, 1.807) is 0 Å². The van der Waals surface area contributed by atoms with Gasteiger partial charge in [-0.05, 0) is 18.6 Å². The van der Waals surface area contributed by atoms with E-state index in [-0.39, 0.29) is 5.97 Å². The van der Waals surface area contributed by atoms with Gasteiger partial charge in [-0.1, -0.05) is 128 Å². The van der Waals surface area contributed by atoms with Gasteiger partial charge in [0.15, 0.2) is 0 Å². The van der Waals surface area contributed by atoms with Crippen molar-refractivity contribution in [2.45, 2.75) is 122 Å². The first kappa shape index (κ1) is 24.7. The number of esters is 1. The Morgan fingerprint density at radius 3 is 1.43 bits per heavy atom. The molecule has 0 amide bonds. The Labute approximate surface area is 174 Å². The largest absolute Gasteiger partial charge is 0.427 e. The van der Waals surface area contributed by atoms with Crippen LogP contribution in [0.15, 0.2) is 30.3 Å². The highest BCUT2D eigenvalue weighted by Gasteiger charge is 2.04. The molecule has 0 atom stereocenters. The van der Waals surface area contributed by atoms with Gasteiger partial charge in [-0.2, -0.15) is 0 Å². The summed E-state index contributed by atoms with van der Waals surface area (Å²) < 4.78 is 5.30. The van der Waals surface area contributed by atoms with E-state index in [0.717, 1.165) is 12.8 Å². The highest BCUT2D eigenvalue weighted by atomic mass is 16.5. The quantitative estimate of drug-likeness (QED) is 0.135. The van der Waals surface area contributed by atoms with Gasteiger partial charge in [0.2, 0.25) is 0 Å². The van der Waals surface area contributed by atoms with E-state index in [1.165, 1.54) is 96.3 Å². The van der Waals surface area contributed by atoms with E-state index in [4.69, 9.17) is 4.74 Å². The highest BCUT2D eigenvalue weighted by molar-refractivity contribution is 5.72. The molecule has 0 aromatic heterocycles. The van der Waals surface area contributed by atoms with E-state index < -0.39 is 0 Å². The number of hydrogen-bond donors (Lipinski definition) is 0. The van der Waals surface area contributed by atoms with Crippen LogP contribution >= 0.6 is 0 Å². The van der Waals surface area contributed by atoms with Gasteiger partial charge < -0.3 is 4.74 Å². The van der Waals surface area contributed by atoms with Gasteiger partial charge in [-0.15, -0.1) is 0 Å². The van der Waals surface area contributed by atoms with E-state index in [1.807, 2.05) is 30.3 Å². The van der Waals surface area contributed by atoms with Gasteiger partial charge >= 0.3 is 5.97 Å². The van der Waals surface area contributed by atoms with Crippen molar-refractivity contribution in [2.75, 3.05) is 0 Å². The molecule has 2 nitrogen and oxygen atoms in total. The van der Waals surface area contributed by atoms with Crippen LogP contribution < -0.4 is 4.74 Å². The molecule has 0 aliphatic rings. The molecular formula is C26H44O2. The average molecular weight is 389 g/mol. The summed E-state index contributed by atoms with van der Waals surface area (Å²) in [6, 6.07) is 9.35. The zero-order valence-corrected chi connectivity index (χ0v) is 18.4. The molecule has 0 aliphatic heterocycles. The van der Waals surface area contributed by atoms with Crippen molar-refractivity contribution in [1.29, 1.82) is 0 Å². The van der Waals surface area contributed by atoms with Gasteiger partial charge in [0.05, 0.1) is 0 Å². The molecule has 1 aromatic carbocycles. The Balaban J connectivity index is 1.74. The van der Waals surface area contributed by atoms with Crippen LogP contribution in [-0.2, 0) is 4.79 Å². The number of carbonyl (C=O) groups is 1. The summed E-state index contributed by atoms with van der Waals surface area (Å²) in [7, 11) is 0. The van der Waals surface area contributed by atoms with Crippen LogP contribution in [0, 0.1) is 0 Å². The molecule has 0 saturated heterocycles. The molecule has 1 rings (SSSR count). The number of rotatable bonds is 19. The highest BCUT2D eigenvalue weighted by Crippen LogP contribution is 2.15. The lowest BCUT2D eigenvalue weighted by molar-refractivity contribution is -0.134. The maximum Gasteiger partial charge on any atom is 0.311 e. The smallest absolute Gasteiger partial charge is 0.311 e. The zero-order chi connectivity index (χ0) is 20.1. The summed E-state index contributed by atoms with van der Waals surface area (Å²) in [5.74, 6) is 0.548. The second kappa shape index (κ2) is 19.0. The van der Waals surface area contributed by atoms with Crippen molar-refractivity contribution in [3.05, 3.63) is 30.3 Å².